The molecule has 174 valence electrons. The first-order valence-electron chi connectivity index (χ1n) is 9.85. The zero-order valence-corrected chi connectivity index (χ0v) is 20.9. The quantitative estimate of drug-likeness (QED) is 0.254. The molecule has 0 aliphatic carbocycles. The molecule has 3 rings (SSSR count). The summed E-state index contributed by atoms with van der Waals surface area (Å²) in [5.41, 5.74) is 1.25. The maximum atomic E-state index is 13.8. The predicted molar refractivity (Wildman–Crippen MR) is 127 cm³/mol. The molecule has 0 spiro atoms. The minimum Gasteiger partial charge on any atom is -0.350 e. The Bertz CT molecular complexity index is 1190. The summed E-state index contributed by atoms with van der Waals surface area (Å²) < 4.78 is 26.4. The molecule has 0 saturated heterocycles. The Morgan fingerprint density at radius 1 is 1.15 bits per heavy atom. The molecule has 1 N–H and O–H groups in total. The van der Waals surface area contributed by atoms with Crippen molar-refractivity contribution in [1.29, 1.82) is 5.26 Å². The number of pyridine rings is 1. The number of nitrogens with one attached hydrogen (secondary N) is 1. The van der Waals surface area contributed by atoms with E-state index in [0.29, 0.717) is 15.7 Å². The molecule has 0 aliphatic rings. The third kappa shape index (κ3) is 6.04. The summed E-state index contributed by atoms with van der Waals surface area (Å²) >= 11 is 18.2. The van der Waals surface area contributed by atoms with Crippen molar-refractivity contribution in [3.8, 4) is 6.07 Å². The fraction of sp³-hybridized carbons (Fsp3) is 0.300. The van der Waals surface area contributed by atoms with Crippen LogP contribution < -0.4 is 5.32 Å². The molecule has 1 atom stereocenters. The maximum Gasteiger partial charge on any atom is 0.357 e. The lowest BCUT2D eigenvalue weighted by Crippen LogP contribution is -2.19. The largest absolute Gasteiger partial charge is 0.357 e. The van der Waals surface area contributed by atoms with E-state index >= 15 is 0 Å². The first kappa shape index (κ1) is 25.4. The molecule has 9 nitrogen and oxygen atoms in total. The number of benzene rings is 1. The second-order valence-corrected chi connectivity index (χ2v) is 9.96. The monoisotopic (exact) mass is 528 g/mol. The zero-order chi connectivity index (χ0) is 24.0. The molecule has 0 radical (unpaired) electrons. The molecule has 13 heteroatoms. The Labute approximate surface area is 206 Å². The molecule has 2 heterocycles. The Balaban J connectivity index is 2.08. The highest BCUT2D eigenvalue weighted by Gasteiger charge is 2.38. The first-order valence-corrected chi connectivity index (χ1v) is 12.6. The standard InChI is InChI=1S/C20H20Cl3N6O3P/c1-3-31-33(30,32-4-2)20(14-6-7-15(21)16(22)9-14)26-19-17(10-24)27-28-29(19)12-13-5-8-18(23)25-11-13/h5-9,11,20,26H,3-4,12H2,1-2H3. The van der Waals surface area contributed by atoms with E-state index in [1.807, 2.05) is 6.07 Å². The van der Waals surface area contributed by atoms with E-state index in [-0.39, 0.29) is 36.3 Å². The van der Waals surface area contributed by atoms with E-state index in [1.54, 1.807) is 50.4 Å². The van der Waals surface area contributed by atoms with Gasteiger partial charge in [0.15, 0.2) is 11.6 Å². The summed E-state index contributed by atoms with van der Waals surface area (Å²) in [6.07, 6.45) is 1.58. The molecule has 1 unspecified atom stereocenters. The van der Waals surface area contributed by atoms with E-state index in [1.165, 1.54) is 4.68 Å². The van der Waals surface area contributed by atoms with Crippen molar-refractivity contribution >= 4 is 48.2 Å². The van der Waals surface area contributed by atoms with Gasteiger partial charge in [-0.25, -0.2) is 9.67 Å². The smallest absolute Gasteiger partial charge is 0.350 e. The highest BCUT2D eigenvalue weighted by atomic mass is 35.5. The number of anilines is 1. The van der Waals surface area contributed by atoms with Crippen LogP contribution in [0.5, 0.6) is 0 Å². The van der Waals surface area contributed by atoms with Gasteiger partial charge < -0.3 is 14.4 Å². The Morgan fingerprint density at radius 2 is 1.88 bits per heavy atom. The number of hydrogen-bond donors (Lipinski definition) is 1. The van der Waals surface area contributed by atoms with Gasteiger partial charge in [-0.3, -0.25) is 4.57 Å². The van der Waals surface area contributed by atoms with E-state index in [0.717, 1.165) is 5.56 Å². The van der Waals surface area contributed by atoms with Crippen molar-refractivity contribution in [2.75, 3.05) is 18.5 Å². The number of nitriles is 1. The molecule has 0 fully saturated rings. The summed E-state index contributed by atoms with van der Waals surface area (Å²) in [6, 6.07) is 10.2. The normalized spacial score (nSPS) is 12.4. The fourth-order valence-electron chi connectivity index (χ4n) is 3.02. The molecule has 0 saturated carbocycles. The van der Waals surface area contributed by atoms with Crippen LogP contribution >= 0.6 is 42.4 Å². The summed E-state index contributed by atoms with van der Waals surface area (Å²) in [5, 5.41) is 21.6. The van der Waals surface area contributed by atoms with Crippen LogP contribution in [0.1, 0.15) is 36.5 Å². The van der Waals surface area contributed by atoms with Crippen molar-refractivity contribution in [1.82, 2.24) is 20.0 Å². The SMILES string of the molecule is CCOP(=O)(OCC)C(Nc1c(C#N)nnn1Cc1ccc(Cl)nc1)c1ccc(Cl)c(Cl)c1. The van der Waals surface area contributed by atoms with Crippen LogP contribution in [0.15, 0.2) is 36.5 Å². The number of aromatic nitrogens is 4. The zero-order valence-electron chi connectivity index (χ0n) is 17.7. The van der Waals surface area contributed by atoms with Crippen LogP contribution in [0.4, 0.5) is 5.82 Å². The minimum absolute atomic E-state index is 0.00142. The highest BCUT2D eigenvalue weighted by Crippen LogP contribution is 2.61. The predicted octanol–water partition coefficient (Wildman–Crippen LogP) is 5.93. The average molecular weight is 530 g/mol. The minimum atomic E-state index is -3.79. The van der Waals surface area contributed by atoms with Gasteiger partial charge in [-0.15, -0.1) is 5.10 Å². The van der Waals surface area contributed by atoms with Crippen LogP contribution in [0.3, 0.4) is 0 Å². The molecular formula is C20H20Cl3N6O3P. The lowest BCUT2D eigenvalue weighted by atomic mass is 10.2. The number of halogens is 3. The van der Waals surface area contributed by atoms with Gasteiger partial charge in [0, 0.05) is 6.20 Å². The summed E-state index contributed by atoms with van der Waals surface area (Å²) in [5.74, 6) is -0.803. The van der Waals surface area contributed by atoms with Gasteiger partial charge in [-0.1, -0.05) is 52.1 Å². The van der Waals surface area contributed by atoms with Crippen LogP contribution in [0.2, 0.25) is 15.2 Å². The van der Waals surface area contributed by atoms with Gasteiger partial charge in [0.05, 0.1) is 29.8 Å². The van der Waals surface area contributed by atoms with Gasteiger partial charge in [0.2, 0.25) is 5.69 Å². The third-order valence-corrected chi connectivity index (χ3v) is 7.69. The van der Waals surface area contributed by atoms with Crippen LogP contribution in [0, 0.1) is 11.3 Å². The van der Waals surface area contributed by atoms with Crippen LogP contribution in [-0.2, 0) is 20.2 Å². The van der Waals surface area contributed by atoms with E-state index in [9.17, 15) is 9.83 Å². The second-order valence-electron chi connectivity index (χ2n) is 6.64. The average Bonchev–Trinajstić information content (AvgIpc) is 3.17. The van der Waals surface area contributed by atoms with Crippen molar-refractivity contribution in [2.24, 2.45) is 0 Å². The van der Waals surface area contributed by atoms with Gasteiger partial charge in [-0.05, 0) is 43.2 Å². The Kier molecular flexibility index (Phi) is 8.71. The molecule has 0 aliphatic heterocycles. The maximum absolute atomic E-state index is 13.8. The number of hydrogen-bond acceptors (Lipinski definition) is 8. The Morgan fingerprint density at radius 3 is 2.45 bits per heavy atom. The molecule has 33 heavy (non-hydrogen) atoms. The van der Waals surface area contributed by atoms with Crippen LogP contribution in [0.25, 0.3) is 0 Å². The van der Waals surface area contributed by atoms with E-state index in [4.69, 9.17) is 43.9 Å². The highest BCUT2D eigenvalue weighted by molar-refractivity contribution is 7.54. The number of rotatable bonds is 10. The first-order chi connectivity index (χ1) is 15.8. The van der Waals surface area contributed by atoms with E-state index in [2.05, 4.69) is 20.6 Å². The van der Waals surface area contributed by atoms with Crippen molar-refractivity contribution in [3.05, 3.63) is 68.5 Å². The lowest BCUT2D eigenvalue weighted by Gasteiger charge is -2.28. The summed E-state index contributed by atoms with van der Waals surface area (Å²) in [6.45, 7) is 3.91. The molecule has 0 amide bonds. The summed E-state index contributed by atoms with van der Waals surface area (Å²) in [7, 11) is -3.79. The van der Waals surface area contributed by atoms with Crippen molar-refractivity contribution in [3.63, 3.8) is 0 Å². The van der Waals surface area contributed by atoms with Crippen molar-refractivity contribution in [2.45, 2.75) is 26.2 Å². The Hall–Kier alpha value is -2.18. The van der Waals surface area contributed by atoms with E-state index < -0.39 is 13.4 Å². The van der Waals surface area contributed by atoms with Gasteiger partial charge >= 0.3 is 7.60 Å². The lowest BCUT2D eigenvalue weighted by molar-refractivity contribution is 0.214. The third-order valence-electron chi connectivity index (χ3n) is 4.43. The van der Waals surface area contributed by atoms with Gasteiger partial charge in [0.1, 0.15) is 11.2 Å². The second kappa shape index (κ2) is 11.3. The van der Waals surface area contributed by atoms with Gasteiger partial charge in [-0.2, -0.15) is 5.26 Å². The number of nitrogens with zero attached hydrogens (tertiary/aromatic N) is 5. The molecule has 3 aromatic rings. The molecular weight excluding hydrogens is 510 g/mol. The topological polar surface area (TPSA) is 115 Å². The summed E-state index contributed by atoms with van der Waals surface area (Å²) in [4.78, 5) is 4.05. The van der Waals surface area contributed by atoms with Crippen LogP contribution in [-0.4, -0.2) is 33.2 Å². The molecule has 2 aromatic heterocycles. The molecule has 0 bridgehead atoms. The molecule has 1 aromatic carbocycles. The van der Waals surface area contributed by atoms with Gasteiger partial charge in [0.25, 0.3) is 0 Å². The fourth-order valence-corrected chi connectivity index (χ4v) is 5.33. The van der Waals surface area contributed by atoms with Crippen molar-refractivity contribution < 1.29 is 13.6 Å².